The predicted octanol–water partition coefficient (Wildman–Crippen LogP) is 1.61. The summed E-state index contributed by atoms with van der Waals surface area (Å²) >= 11 is 0. The lowest BCUT2D eigenvalue weighted by Crippen LogP contribution is -2.46. The maximum absolute atomic E-state index is 12.7. The summed E-state index contributed by atoms with van der Waals surface area (Å²) < 4.78 is 0. The molecule has 1 N–H and O–H groups in total. The molecule has 1 heterocycles. The van der Waals surface area contributed by atoms with Crippen LogP contribution >= 0.6 is 0 Å². The SMILES string of the molecule is Cc1cc(C)cc(C(=O)N2CCCC(C(=O)N(C)CCO)C2)c1. The molecule has 0 saturated carbocycles. The van der Waals surface area contributed by atoms with Crippen LogP contribution in [0, 0.1) is 19.8 Å². The monoisotopic (exact) mass is 318 g/mol. The molecule has 5 nitrogen and oxygen atoms in total. The zero-order chi connectivity index (χ0) is 17.0. The van der Waals surface area contributed by atoms with Crippen molar-refractivity contribution in [1.29, 1.82) is 0 Å². The van der Waals surface area contributed by atoms with Crippen LogP contribution in [0.25, 0.3) is 0 Å². The molecule has 0 aromatic heterocycles. The number of likely N-dealkylation sites (tertiary alicyclic amines) is 1. The van der Waals surface area contributed by atoms with Gasteiger partial charge < -0.3 is 14.9 Å². The Morgan fingerprint density at radius 3 is 2.52 bits per heavy atom. The highest BCUT2D eigenvalue weighted by Crippen LogP contribution is 2.21. The van der Waals surface area contributed by atoms with Gasteiger partial charge in [0.15, 0.2) is 0 Å². The van der Waals surface area contributed by atoms with Gasteiger partial charge in [0.2, 0.25) is 5.91 Å². The number of aliphatic hydroxyl groups excluding tert-OH is 1. The Morgan fingerprint density at radius 2 is 1.91 bits per heavy atom. The van der Waals surface area contributed by atoms with E-state index in [1.54, 1.807) is 16.8 Å². The lowest BCUT2D eigenvalue weighted by Gasteiger charge is -2.34. The molecule has 126 valence electrons. The summed E-state index contributed by atoms with van der Waals surface area (Å²) in [5.41, 5.74) is 2.83. The normalized spacial score (nSPS) is 17.9. The average Bonchev–Trinajstić information content (AvgIpc) is 2.53. The highest BCUT2D eigenvalue weighted by molar-refractivity contribution is 5.95. The molecule has 1 fully saturated rings. The van der Waals surface area contributed by atoms with E-state index in [0.717, 1.165) is 24.0 Å². The van der Waals surface area contributed by atoms with Crippen molar-refractivity contribution in [3.63, 3.8) is 0 Å². The first-order chi connectivity index (χ1) is 10.9. The summed E-state index contributed by atoms with van der Waals surface area (Å²) in [6.45, 7) is 5.41. The molecule has 2 amide bonds. The molecule has 2 rings (SSSR count). The van der Waals surface area contributed by atoms with Crippen molar-refractivity contribution in [2.75, 3.05) is 33.3 Å². The van der Waals surface area contributed by atoms with Crippen molar-refractivity contribution in [3.8, 4) is 0 Å². The summed E-state index contributed by atoms with van der Waals surface area (Å²) in [6.07, 6.45) is 1.63. The van der Waals surface area contributed by atoms with E-state index in [4.69, 9.17) is 5.11 Å². The third-order valence-electron chi connectivity index (χ3n) is 4.34. The van der Waals surface area contributed by atoms with Gasteiger partial charge in [0, 0.05) is 32.2 Å². The smallest absolute Gasteiger partial charge is 0.253 e. The predicted molar refractivity (Wildman–Crippen MR) is 89.3 cm³/mol. The van der Waals surface area contributed by atoms with E-state index in [9.17, 15) is 9.59 Å². The minimum Gasteiger partial charge on any atom is -0.395 e. The highest BCUT2D eigenvalue weighted by Gasteiger charge is 2.30. The van der Waals surface area contributed by atoms with Crippen LogP contribution in [0.3, 0.4) is 0 Å². The van der Waals surface area contributed by atoms with E-state index in [1.165, 1.54) is 0 Å². The van der Waals surface area contributed by atoms with Gasteiger partial charge >= 0.3 is 0 Å². The van der Waals surface area contributed by atoms with Gasteiger partial charge in [0.25, 0.3) is 5.91 Å². The van der Waals surface area contributed by atoms with Crippen LogP contribution < -0.4 is 0 Å². The van der Waals surface area contributed by atoms with E-state index in [1.807, 2.05) is 32.0 Å². The van der Waals surface area contributed by atoms with E-state index in [-0.39, 0.29) is 24.3 Å². The Balaban J connectivity index is 2.08. The highest BCUT2D eigenvalue weighted by atomic mass is 16.3. The van der Waals surface area contributed by atoms with Crippen molar-refractivity contribution in [2.45, 2.75) is 26.7 Å². The first-order valence-electron chi connectivity index (χ1n) is 8.15. The molecular formula is C18H26N2O3. The number of rotatable bonds is 4. The van der Waals surface area contributed by atoms with Crippen LogP contribution in [0.15, 0.2) is 18.2 Å². The van der Waals surface area contributed by atoms with E-state index in [0.29, 0.717) is 25.2 Å². The van der Waals surface area contributed by atoms with Gasteiger partial charge in [-0.2, -0.15) is 0 Å². The largest absolute Gasteiger partial charge is 0.395 e. The number of carbonyl (C=O) groups excluding carboxylic acids is 2. The maximum Gasteiger partial charge on any atom is 0.253 e. The number of hydrogen-bond donors (Lipinski definition) is 1. The van der Waals surface area contributed by atoms with Gasteiger partial charge in [0.05, 0.1) is 12.5 Å². The number of likely N-dealkylation sites (N-methyl/N-ethyl adjacent to an activating group) is 1. The Labute approximate surface area is 137 Å². The third-order valence-corrected chi connectivity index (χ3v) is 4.34. The van der Waals surface area contributed by atoms with Crippen LogP contribution in [0.5, 0.6) is 0 Å². The summed E-state index contributed by atoms with van der Waals surface area (Å²) in [4.78, 5) is 28.4. The second-order valence-electron chi connectivity index (χ2n) is 6.45. The fourth-order valence-corrected chi connectivity index (χ4v) is 3.22. The van der Waals surface area contributed by atoms with E-state index >= 15 is 0 Å². The Morgan fingerprint density at radius 1 is 1.26 bits per heavy atom. The zero-order valence-corrected chi connectivity index (χ0v) is 14.2. The molecule has 23 heavy (non-hydrogen) atoms. The zero-order valence-electron chi connectivity index (χ0n) is 14.2. The second-order valence-corrected chi connectivity index (χ2v) is 6.45. The Bertz CT molecular complexity index is 565. The fraction of sp³-hybridized carbons (Fsp3) is 0.556. The number of aliphatic hydroxyl groups is 1. The molecule has 1 aliphatic heterocycles. The molecule has 0 spiro atoms. The molecule has 1 aromatic rings. The van der Waals surface area contributed by atoms with Gasteiger partial charge in [-0.1, -0.05) is 17.2 Å². The topological polar surface area (TPSA) is 60.9 Å². The average molecular weight is 318 g/mol. The molecule has 1 unspecified atom stereocenters. The molecule has 1 aromatic carbocycles. The quantitative estimate of drug-likeness (QED) is 0.917. The summed E-state index contributed by atoms with van der Waals surface area (Å²) in [5, 5.41) is 8.97. The first-order valence-corrected chi connectivity index (χ1v) is 8.15. The van der Waals surface area contributed by atoms with Crippen molar-refractivity contribution in [3.05, 3.63) is 34.9 Å². The summed E-state index contributed by atoms with van der Waals surface area (Å²) in [5.74, 6) is -0.161. The minimum absolute atomic E-state index is 0.000823. The van der Waals surface area contributed by atoms with Crippen LogP contribution in [0.2, 0.25) is 0 Å². The first kappa shape index (κ1) is 17.5. The van der Waals surface area contributed by atoms with Crippen molar-refractivity contribution < 1.29 is 14.7 Å². The standard InChI is InChI=1S/C18H26N2O3/c1-13-9-14(2)11-16(10-13)18(23)20-6-4-5-15(12-20)17(22)19(3)7-8-21/h9-11,15,21H,4-8,12H2,1-3H3. The molecule has 0 aliphatic carbocycles. The van der Waals surface area contributed by atoms with Gasteiger partial charge in [-0.3, -0.25) is 9.59 Å². The second kappa shape index (κ2) is 7.59. The molecular weight excluding hydrogens is 292 g/mol. The minimum atomic E-state index is -0.171. The number of carbonyl (C=O) groups is 2. The number of piperidine rings is 1. The van der Waals surface area contributed by atoms with Crippen LogP contribution in [0.4, 0.5) is 0 Å². The molecule has 5 heteroatoms. The molecule has 1 saturated heterocycles. The van der Waals surface area contributed by atoms with E-state index in [2.05, 4.69) is 0 Å². The lowest BCUT2D eigenvalue weighted by atomic mass is 9.95. The van der Waals surface area contributed by atoms with Gasteiger partial charge in [-0.15, -0.1) is 0 Å². The van der Waals surface area contributed by atoms with Gasteiger partial charge in [-0.05, 0) is 38.8 Å². The van der Waals surface area contributed by atoms with Crippen molar-refractivity contribution in [1.82, 2.24) is 9.80 Å². The van der Waals surface area contributed by atoms with Gasteiger partial charge in [-0.25, -0.2) is 0 Å². The maximum atomic E-state index is 12.7. The number of nitrogens with zero attached hydrogens (tertiary/aromatic N) is 2. The molecule has 0 bridgehead atoms. The van der Waals surface area contributed by atoms with Gasteiger partial charge in [0.1, 0.15) is 0 Å². The van der Waals surface area contributed by atoms with Crippen LogP contribution in [-0.4, -0.2) is 60.0 Å². The fourth-order valence-electron chi connectivity index (χ4n) is 3.22. The number of aryl methyl sites for hydroxylation is 2. The third kappa shape index (κ3) is 4.32. The van der Waals surface area contributed by atoms with Crippen molar-refractivity contribution in [2.24, 2.45) is 5.92 Å². The van der Waals surface area contributed by atoms with E-state index < -0.39 is 0 Å². The number of benzene rings is 1. The Kier molecular flexibility index (Phi) is 5.77. The lowest BCUT2D eigenvalue weighted by molar-refractivity contribution is -0.136. The Hall–Kier alpha value is -1.88. The van der Waals surface area contributed by atoms with Crippen LogP contribution in [0.1, 0.15) is 34.3 Å². The molecule has 0 radical (unpaired) electrons. The van der Waals surface area contributed by atoms with Crippen molar-refractivity contribution >= 4 is 11.8 Å². The molecule has 1 atom stereocenters. The summed E-state index contributed by atoms with van der Waals surface area (Å²) in [6, 6.07) is 5.85. The van der Waals surface area contributed by atoms with Crippen LogP contribution in [-0.2, 0) is 4.79 Å². The number of amides is 2. The number of hydrogen-bond acceptors (Lipinski definition) is 3. The summed E-state index contributed by atoms with van der Waals surface area (Å²) in [7, 11) is 1.70. The molecule has 1 aliphatic rings.